The number of ether oxygens (including phenoxy) is 2. The topological polar surface area (TPSA) is 76.2 Å². The minimum Gasteiger partial charge on any atom is -0.492 e. The number of nitrogens with zero attached hydrogens (tertiary/aromatic N) is 2. The van der Waals surface area contributed by atoms with Crippen LogP contribution in [0.4, 0.5) is 14.9 Å². The minimum absolute atomic E-state index is 0.0216. The van der Waals surface area contributed by atoms with Crippen molar-refractivity contribution in [3.63, 3.8) is 0 Å². The van der Waals surface area contributed by atoms with Gasteiger partial charge < -0.3 is 19.3 Å². The van der Waals surface area contributed by atoms with Crippen LogP contribution in [0.25, 0.3) is 0 Å². The van der Waals surface area contributed by atoms with Gasteiger partial charge in [0.1, 0.15) is 23.8 Å². The molecule has 152 valence electrons. The van der Waals surface area contributed by atoms with Gasteiger partial charge in [-0.3, -0.25) is 0 Å². The summed E-state index contributed by atoms with van der Waals surface area (Å²) in [5, 5.41) is 0. The third kappa shape index (κ3) is 6.89. The van der Waals surface area contributed by atoms with Crippen molar-refractivity contribution in [3.05, 3.63) is 24.0 Å². The maximum Gasteiger partial charge on any atom is 0.410 e. The second-order valence-electron chi connectivity index (χ2n) is 7.55. The van der Waals surface area contributed by atoms with Gasteiger partial charge in [-0.2, -0.15) is 0 Å². The van der Waals surface area contributed by atoms with Crippen LogP contribution in [0.15, 0.2) is 18.2 Å². The third-order valence-electron chi connectivity index (χ3n) is 3.91. The summed E-state index contributed by atoms with van der Waals surface area (Å²) in [4.78, 5) is 15.6. The second kappa shape index (κ2) is 8.33. The zero-order valence-electron chi connectivity index (χ0n) is 16.2. The van der Waals surface area contributed by atoms with E-state index in [9.17, 15) is 17.6 Å². The molecule has 1 aliphatic rings. The van der Waals surface area contributed by atoms with Gasteiger partial charge in [-0.25, -0.2) is 17.6 Å². The van der Waals surface area contributed by atoms with Crippen molar-refractivity contribution in [3.8, 4) is 5.75 Å². The number of carbonyl (C=O) groups is 1. The fraction of sp³-hybridized carbons (Fsp3) is 0.611. The van der Waals surface area contributed by atoms with E-state index in [0.717, 1.165) is 6.26 Å². The number of sulfone groups is 1. The maximum atomic E-state index is 14.4. The Balaban J connectivity index is 1.91. The molecule has 7 nitrogen and oxygen atoms in total. The lowest BCUT2D eigenvalue weighted by molar-refractivity contribution is 0.0240. The molecule has 0 spiro atoms. The average molecular weight is 402 g/mol. The summed E-state index contributed by atoms with van der Waals surface area (Å²) in [6, 6.07) is 4.47. The van der Waals surface area contributed by atoms with E-state index in [-0.39, 0.29) is 24.2 Å². The van der Waals surface area contributed by atoms with Crippen molar-refractivity contribution < 1.29 is 27.1 Å². The molecule has 2 rings (SSSR count). The molecule has 0 aliphatic carbocycles. The van der Waals surface area contributed by atoms with Gasteiger partial charge in [0.25, 0.3) is 0 Å². The first-order valence-corrected chi connectivity index (χ1v) is 10.8. The highest BCUT2D eigenvalue weighted by atomic mass is 32.2. The molecule has 0 radical (unpaired) electrons. The van der Waals surface area contributed by atoms with Gasteiger partial charge in [0, 0.05) is 38.5 Å². The Hall–Kier alpha value is -2.03. The molecule has 0 saturated carbocycles. The van der Waals surface area contributed by atoms with E-state index in [1.54, 1.807) is 17.0 Å². The summed E-state index contributed by atoms with van der Waals surface area (Å²) in [5.74, 6) is -0.284. The van der Waals surface area contributed by atoms with Crippen molar-refractivity contribution in [1.82, 2.24) is 4.90 Å². The van der Waals surface area contributed by atoms with Gasteiger partial charge in [-0.15, -0.1) is 0 Å². The summed E-state index contributed by atoms with van der Waals surface area (Å²) < 4.78 is 47.3. The van der Waals surface area contributed by atoms with E-state index in [2.05, 4.69) is 0 Å². The number of hydrogen-bond acceptors (Lipinski definition) is 6. The van der Waals surface area contributed by atoms with Crippen LogP contribution in [-0.2, 0) is 14.6 Å². The lowest BCUT2D eigenvalue weighted by Crippen LogP contribution is -2.50. The van der Waals surface area contributed by atoms with Gasteiger partial charge in [0.05, 0.1) is 11.4 Å². The summed E-state index contributed by atoms with van der Waals surface area (Å²) in [7, 11) is -3.12. The molecule has 1 amide bonds. The molecule has 1 aromatic carbocycles. The Morgan fingerprint density at radius 3 is 2.33 bits per heavy atom. The predicted octanol–water partition coefficient (Wildman–Crippen LogP) is 2.31. The number of carbonyl (C=O) groups excluding carboxylic acids is 1. The van der Waals surface area contributed by atoms with E-state index in [1.807, 2.05) is 25.7 Å². The first-order chi connectivity index (χ1) is 12.4. The first kappa shape index (κ1) is 21.3. The molecular weight excluding hydrogens is 375 g/mol. The molecule has 1 saturated heterocycles. The average Bonchev–Trinajstić information content (AvgIpc) is 2.52. The van der Waals surface area contributed by atoms with Crippen LogP contribution in [0, 0.1) is 5.82 Å². The molecule has 0 aromatic heterocycles. The lowest BCUT2D eigenvalue weighted by atomic mass is 10.2. The fourth-order valence-corrected chi connectivity index (χ4v) is 2.99. The quantitative estimate of drug-likeness (QED) is 0.752. The van der Waals surface area contributed by atoms with Crippen LogP contribution < -0.4 is 9.64 Å². The Labute approximate surface area is 160 Å². The summed E-state index contributed by atoms with van der Waals surface area (Å²) in [6.07, 6.45) is 0.758. The van der Waals surface area contributed by atoms with Crippen LogP contribution in [0.2, 0.25) is 0 Å². The second-order valence-corrected chi connectivity index (χ2v) is 9.81. The summed E-state index contributed by atoms with van der Waals surface area (Å²) in [6.45, 7) is 7.30. The molecule has 1 heterocycles. The Morgan fingerprint density at radius 1 is 1.19 bits per heavy atom. The molecule has 0 bridgehead atoms. The van der Waals surface area contributed by atoms with Gasteiger partial charge in [-0.1, -0.05) is 0 Å². The number of halogens is 1. The predicted molar refractivity (Wildman–Crippen MR) is 102 cm³/mol. The van der Waals surface area contributed by atoms with Crippen molar-refractivity contribution >= 4 is 21.6 Å². The Bertz CT molecular complexity index is 768. The Morgan fingerprint density at radius 2 is 1.81 bits per heavy atom. The van der Waals surface area contributed by atoms with Crippen LogP contribution in [0.5, 0.6) is 5.75 Å². The SMILES string of the molecule is CC(C)(C)OC(=O)N1CCN(c2ccc(OCCS(C)(=O)=O)cc2F)CC1. The van der Waals surface area contributed by atoms with E-state index in [4.69, 9.17) is 9.47 Å². The smallest absolute Gasteiger partial charge is 0.410 e. The number of piperazine rings is 1. The molecule has 0 N–H and O–H groups in total. The summed E-state index contributed by atoms with van der Waals surface area (Å²) in [5.41, 5.74) is -0.123. The monoisotopic (exact) mass is 402 g/mol. The molecule has 27 heavy (non-hydrogen) atoms. The molecule has 1 aliphatic heterocycles. The highest BCUT2D eigenvalue weighted by Gasteiger charge is 2.26. The summed E-state index contributed by atoms with van der Waals surface area (Å²) >= 11 is 0. The number of rotatable bonds is 5. The Kier molecular flexibility index (Phi) is 6.56. The van der Waals surface area contributed by atoms with Crippen LogP contribution in [-0.4, -0.2) is 69.8 Å². The molecule has 9 heteroatoms. The van der Waals surface area contributed by atoms with Gasteiger partial charge in [0.15, 0.2) is 9.84 Å². The van der Waals surface area contributed by atoms with Crippen molar-refractivity contribution in [2.75, 3.05) is 49.7 Å². The first-order valence-electron chi connectivity index (χ1n) is 8.77. The van der Waals surface area contributed by atoms with E-state index in [1.165, 1.54) is 6.07 Å². The minimum atomic E-state index is -3.12. The van der Waals surface area contributed by atoms with Gasteiger partial charge in [0.2, 0.25) is 0 Å². The van der Waals surface area contributed by atoms with Gasteiger partial charge >= 0.3 is 6.09 Å². The van der Waals surface area contributed by atoms with Crippen molar-refractivity contribution in [2.24, 2.45) is 0 Å². The number of hydrogen-bond donors (Lipinski definition) is 0. The van der Waals surface area contributed by atoms with Crippen molar-refractivity contribution in [1.29, 1.82) is 0 Å². The molecule has 0 atom stereocenters. The lowest BCUT2D eigenvalue weighted by Gasteiger charge is -2.36. The molecule has 1 fully saturated rings. The van der Waals surface area contributed by atoms with Crippen LogP contribution >= 0.6 is 0 Å². The van der Waals surface area contributed by atoms with Crippen LogP contribution in [0.1, 0.15) is 20.8 Å². The van der Waals surface area contributed by atoms with E-state index in [0.29, 0.717) is 31.9 Å². The van der Waals surface area contributed by atoms with E-state index < -0.39 is 21.3 Å². The highest BCUT2D eigenvalue weighted by Crippen LogP contribution is 2.25. The molecule has 1 aromatic rings. The molecular formula is C18H27FN2O5S. The van der Waals surface area contributed by atoms with E-state index >= 15 is 0 Å². The normalized spacial score (nSPS) is 15.6. The third-order valence-corrected chi connectivity index (χ3v) is 4.82. The highest BCUT2D eigenvalue weighted by molar-refractivity contribution is 7.90. The molecule has 0 unspecified atom stereocenters. The van der Waals surface area contributed by atoms with Crippen LogP contribution in [0.3, 0.4) is 0 Å². The van der Waals surface area contributed by atoms with Gasteiger partial charge in [-0.05, 0) is 32.9 Å². The fourth-order valence-electron chi connectivity index (χ4n) is 2.60. The largest absolute Gasteiger partial charge is 0.492 e. The standard InChI is InChI=1S/C18H27FN2O5S/c1-18(2,3)26-17(22)21-9-7-20(8-10-21)16-6-5-14(13-15(16)19)25-11-12-27(4,23)24/h5-6,13H,7-12H2,1-4H3. The maximum absolute atomic E-state index is 14.4. The van der Waals surface area contributed by atoms with Crippen molar-refractivity contribution in [2.45, 2.75) is 26.4 Å². The number of benzene rings is 1. The number of amides is 1. The zero-order chi connectivity index (χ0) is 20.2. The number of anilines is 1. The zero-order valence-corrected chi connectivity index (χ0v) is 17.0.